The second-order valence-electron chi connectivity index (χ2n) is 5.94. The Morgan fingerprint density at radius 3 is 2.70 bits per heavy atom. The van der Waals surface area contributed by atoms with Crippen LogP contribution in [0.1, 0.15) is 23.6 Å². The highest BCUT2D eigenvalue weighted by atomic mass is 19.4. The molecule has 0 saturated heterocycles. The van der Waals surface area contributed by atoms with Crippen LogP contribution in [0, 0.1) is 5.82 Å². The lowest BCUT2D eigenvalue weighted by Crippen LogP contribution is -2.24. The van der Waals surface area contributed by atoms with Gasteiger partial charge in [0, 0.05) is 7.05 Å². The maximum absolute atomic E-state index is 13.3. The Morgan fingerprint density at radius 2 is 2.00 bits per heavy atom. The first-order valence-corrected chi connectivity index (χ1v) is 8.06. The fourth-order valence-electron chi connectivity index (χ4n) is 2.69. The number of nitrogens with zero attached hydrogens (tertiary/aromatic N) is 1. The summed E-state index contributed by atoms with van der Waals surface area (Å²) in [6.07, 6.45) is -4.60. The molecule has 5 nitrogen and oxygen atoms in total. The lowest BCUT2D eigenvalue weighted by molar-refractivity contribution is -0.137. The Kier molecular flexibility index (Phi) is 5.02. The summed E-state index contributed by atoms with van der Waals surface area (Å²) in [5, 5.41) is 5.38. The third-order valence-corrected chi connectivity index (χ3v) is 4.04. The maximum Gasteiger partial charge on any atom is 0.416 e. The van der Waals surface area contributed by atoms with Crippen LogP contribution in [-0.2, 0) is 11.0 Å². The number of alkyl halides is 3. The van der Waals surface area contributed by atoms with Crippen LogP contribution in [0.2, 0.25) is 0 Å². The maximum atomic E-state index is 13.3. The molecule has 0 fully saturated rings. The number of benzene rings is 2. The molecular weight excluding hydrogens is 364 g/mol. The first kappa shape index (κ1) is 18.7. The number of nitrogens with one attached hydrogen (secondary N) is 3. The number of hydrogen-bond donors (Lipinski definition) is 3. The van der Waals surface area contributed by atoms with Gasteiger partial charge < -0.3 is 15.6 Å². The van der Waals surface area contributed by atoms with E-state index in [1.165, 1.54) is 37.4 Å². The Bertz CT molecular complexity index is 967. The van der Waals surface area contributed by atoms with Crippen molar-refractivity contribution in [2.75, 3.05) is 12.4 Å². The number of amides is 1. The molecular formula is C18H16F4N4O. The van der Waals surface area contributed by atoms with Crippen LogP contribution in [0.3, 0.4) is 0 Å². The van der Waals surface area contributed by atoms with E-state index in [0.717, 1.165) is 12.1 Å². The predicted molar refractivity (Wildman–Crippen MR) is 92.5 cm³/mol. The summed E-state index contributed by atoms with van der Waals surface area (Å²) >= 11 is 0. The number of fused-ring (bicyclic) bond motifs is 1. The largest absolute Gasteiger partial charge is 0.416 e. The molecule has 3 N–H and O–H groups in total. The second kappa shape index (κ2) is 7.26. The van der Waals surface area contributed by atoms with E-state index in [-0.39, 0.29) is 23.8 Å². The summed E-state index contributed by atoms with van der Waals surface area (Å²) in [6.45, 7) is 0. The normalized spacial score (nSPS) is 12.8. The molecule has 1 amide bonds. The van der Waals surface area contributed by atoms with E-state index in [9.17, 15) is 22.4 Å². The molecule has 3 rings (SSSR count). The quantitative estimate of drug-likeness (QED) is 0.586. The van der Waals surface area contributed by atoms with E-state index in [0.29, 0.717) is 11.0 Å². The van der Waals surface area contributed by atoms with Gasteiger partial charge in [-0.3, -0.25) is 4.79 Å². The Balaban J connectivity index is 1.94. The Morgan fingerprint density at radius 1 is 1.22 bits per heavy atom. The smallest absolute Gasteiger partial charge is 0.359 e. The molecule has 3 aromatic rings. The van der Waals surface area contributed by atoms with Crippen molar-refractivity contribution in [2.45, 2.75) is 18.6 Å². The molecule has 142 valence electrons. The second-order valence-corrected chi connectivity index (χ2v) is 5.94. The van der Waals surface area contributed by atoms with Crippen molar-refractivity contribution in [2.24, 2.45) is 0 Å². The average Bonchev–Trinajstić information content (AvgIpc) is 3.01. The summed E-state index contributed by atoms with van der Waals surface area (Å²) in [7, 11) is 1.44. The van der Waals surface area contributed by atoms with Gasteiger partial charge in [-0.15, -0.1) is 0 Å². The van der Waals surface area contributed by atoms with Crippen LogP contribution in [0.15, 0.2) is 42.5 Å². The molecule has 1 heterocycles. The standard InChI is InChI=1S/C18H16F4N4O/c1-23-16(27)9-14(10-3-2-4-11(7-10)18(20,21)22)25-17-24-13-6-5-12(19)8-15(13)26-17/h2-8,14H,9H2,1H3,(H,23,27)(H2,24,25,26). The molecule has 9 heteroatoms. The molecule has 0 aliphatic rings. The van der Waals surface area contributed by atoms with Crippen LogP contribution < -0.4 is 10.6 Å². The highest BCUT2D eigenvalue weighted by Gasteiger charge is 2.31. The van der Waals surface area contributed by atoms with E-state index in [4.69, 9.17) is 0 Å². The monoisotopic (exact) mass is 380 g/mol. The molecule has 0 aliphatic carbocycles. The molecule has 1 aromatic heterocycles. The van der Waals surface area contributed by atoms with Gasteiger partial charge >= 0.3 is 6.18 Å². The van der Waals surface area contributed by atoms with Gasteiger partial charge in [-0.2, -0.15) is 13.2 Å². The lowest BCUT2D eigenvalue weighted by atomic mass is 10.0. The first-order chi connectivity index (χ1) is 12.8. The van der Waals surface area contributed by atoms with Gasteiger partial charge in [-0.1, -0.05) is 12.1 Å². The number of hydrogen-bond acceptors (Lipinski definition) is 3. The Labute approximate surface area is 151 Å². The summed E-state index contributed by atoms with van der Waals surface area (Å²) < 4.78 is 52.4. The van der Waals surface area contributed by atoms with Crippen molar-refractivity contribution >= 4 is 22.9 Å². The van der Waals surface area contributed by atoms with Crippen LogP contribution in [0.5, 0.6) is 0 Å². The van der Waals surface area contributed by atoms with Gasteiger partial charge in [-0.25, -0.2) is 9.37 Å². The van der Waals surface area contributed by atoms with Gasteiger partial charge in [0.2, 0.25) is 11.9 Å². The van der Waals surface area contributed by atoms with Gasteiger partial charge in [0.25, 0.3) is 0 Å². The zero-order valence-electron chi connectivity index (χ0n) is 14.2. The Hall–Kier alpha value is -3.10. The van der Waals surface area contributed by atoms with Gasteiger partial charge in [-0.05, 0) is 35.9 Å². The third kappa shape index (κ3) is 4.36. The number of aromatic amines is 1. The topological polar surface area (TPSA) is 69.8 Å². The molecule has 0 spiro atoms. The average molecular weight is 380 g/mol. The van der Waals surface area contributed by atoms with E-state index >= 15 is 0 Å². The van der Waals surface area contributed by atoms with E-state index in [2.05, 4.69) is 20.6 Å². The zero-order valence-corrected chi connectivity index (χ0v) is 14.2. The third-order valence-electron chi connectivity index (χ3n) is 4.04. The SMILES string of the molecule is CNC(=O)CC(Nc1nc2ccc(F)cc2[nH]1)c1cccc(C(F)(F)F)c1. The van der Waals surface area contributed by atoms with Crippen molar-refractivity contribution in [3.63, 3.8) is 0 Å². The molecule has 2 aromatic carbocycles. The number of carbonyl (C=O) groups is 1. The molecule has 0 radical (unpaired) electrons. The summed E-state index contributed by atoms with van der Waals surface area (Å²) in [5.74, 6) is -0.577. The van der Waals surface area contributed by atoms with Crippen molar-refractivity contribution in [1.29, 1.82) is 0 Å². The number of anilines is 1. The number of carbonyl (C=O) groups excluding carboxylic acids is 1. The fraction of sp³-hybridized carbons (Fsp3) is 0.222. The molecule has 27 heavy (non-hydrogen) atoms. The fourth-order valence-corrected chi connectivity index (χ4v) is 2.69. The minimum absolute atomic E-state index is 0.108. The van der Waals surface area contributed by atoms with E-state index in [1.807, 2.05) is 0 Å². The van der Waals surface area contributed by atoms with Crippen molar-refractivity contribution < 1.29 is 22.4 Å². The van der Waals surface area contributed by atoms with Crippen LogP contribution >= 0.6 is 0 Å². The molecule has 0 saturated carbocycles. The van der Waals surface area contributed by atoms with Crippen LogP contribution in [-0.4, -0.2) is 22.9 Å². The highest BCUT2D eigenvalue weighted by Crippen LogP contribution is 2.32. The van der Waals surface area contributed by atoms with Crippen molar-refractivity contribution in [3.05, 3.63) is 59.4 Å². The molecule has 1 unspecified atom stereocenters. The molecule has 0 bridgehead atoms. The number of imidazole rings is 1. The zero-order chi connectivity index (χ0) is 19.6. The predicted octanol–water partition coefficient (Wildman–Crippen LogP) is 4.01. The van der Waals surface area contributed by atoms with E-state index < -0.39 is 23.6 Å². The first-order valence-electron chi connectivity index (χ1n) is 8.06. The minimum Gasteiger partial charge on any atom is -0.359 e. The lowest BCUT2D eigenvalue weighted by Gasteiger charge is -2.19. The summed E-state index contributed by atoms with van der Waals surface area (Å²) in [5.41, 5.74) is 0.386. The number of H-pyrrole nitrogens is 1. The van der Waals surface area contributed by atoms with Crippen molar-refractivity contribution in [1.82, 2.24) is 15.3 Å². The van der Waals surface area contributed by atoms with Gasteiger partial charge in [0.15, 0.2) is 0 Å². The summed E-state index contributed by atoms with van der Waals surface area (Å²) in [4.78, 5) is 18.9. The number of aromatic nitrogens is 2. The molecule has 0 aliphatic heterocycles. The van der Waals surface area contributed by atoms with Crippen LogP contribution in [0.4, 0.5) is 23.5 Å². The van der Waals surface area contributed by atoms with Crippen LogP contribution in [0.25, 0.3) is 11.0 Å². The van der Waals surface area contributed by atoms with Crippen molar-refractivity contribution in [3.8, 4) is 0 Å². The van der Waals surface area contributed by atoms with Gasteiger partial charge in [0.1, 0.15) is 5.82 Å². The number of halogens is 4. The highest BCUT2D eigenvalue weighted by molar-refractivity contribution is 5.79. The number of rotatable bonds is 5. The minimum atomic E-state index is -4.50. The molecule has 1 atom stereocenters. The van der Waals surface area contributed by atoms with E-state index in [1.54, 1.807) is 0 Å². The van der Waals surface area contributed by atoms with Gasteiger partial charge in [0.05, 0.1) is 29.1 Å². The summed E-state index contributed by atoms with van der Waals surface area (Å²) in [6, 6.07) is 7.95.